The molecule has 0 aromatic rings. The Bertz CT molecular complexity index is 139. The van der Waals surface area contributed by atoms with E-state index >= 15 is 0 Å². The van der Waals surface area contributed by atoms with Gasteiger partial charge in [0.15, 0.2) is 5.84 Å². The first-order valence-electron chi connectivity index (χ1n) is 2.96. The molecule has 0 spiro atoms. The molecular formula is C5H11N3O. The fourth-order valence-electron chi connectivity index (χ4n) is 0.913. The van der Waals surface area contributed by atoms with E-state index in [4.69, 9.17) is 16.7 Å². The van der Waals surface area contributed by atoms with Crippen LogP contribution >= 0.6 is 0 Å². The lowest BCUT2D eigenvalue weighted by Crippen LogP contribution is -2.57. The number of hydrogen-bond donors (Lipinski definition) is 3. The summed E-state index contributed by atoms with van der Waals surface area (Å²) >= 11 is 0. The zero-order valence-corrected chi connectivity index (χ0v) is 5.17. The van der Waals surface area contributed by atoms with Crippen molar-refractivity contribution in [1.29, 1.82) is 0 Å². The van der Waals surface area contributed by atoms with Gasteiger partial charge in [-0.05, 0) is 19.3 Å². The van der Waals surface area contributed by atoms with Crippen molar-refractivity contribution in [3.05, 3.63) is 0 Å². The summed E-state index contributed by atoms with van der Waals surface area (Å²) in [5.74, 6) is 0.161. The van der Waals surface area contributed by atoms with Gasteiger partial charge in [-0.2, -0.15) is 0 Å². The fraction of sp³-hybridized carbons (Fsp3) is 0.800. The maximum absolute atomic E-state index is 8.22. The van der Waals surface area contributed by atoms with Crippen LogP contribution in [0.1, 0.15) is 19.3 Å². The van der Waals surface area contributed by atoms with Gasteiger partial charge in [0.05, 0.1) is 5.54 Å². The molecule has 4 nitrogen and oxygen atoms in total. The second-order valence-corrected chi connectivity index (χ2v) is 2.49. The summed E-state index contributed by atoms with van der Waals surface area (Å²) in [5, 5.41) is 11.1. The van der Waals surface area contributed by atoms with Crippen LogP contribution in [0.5, 0.6) is 0 Å². The van der Waals surface area contributed by atoms with Crippen LogP contribution < -0.4 is 11.5 Å². The monoisotopic (exact) mass is 129 g/mol. The van der Waals surface area contributed by atoms with E-state index in [0.717, 1.165) is 19.3 Å². The Labute approximate surface area is 53.5 Å². The number of hydrogen-bond acceptors (Lipinski definition) is 3. The van der Waals surface area contributed by atoms with E-state index in [2.05, 4.69) is 5.16 Å². The largest absolute Gasteiger partial charge is 0.409 e. The molecule has 1 aliphatic carbocycles. The first-order chi connectivity index (χ1) is 4.19. The smallest absolute Gasteiger partial charge is 0.159 e. The van der Waals surface area contributed by atoms with Gasteiger partial charge in [-0.15, -0.1) is 0 Å². The molecule has 0 unspecified atom stereocenters. The maximum atomic E-state index is 8.22. The standard InChI is InChI=1S/C5H11N3O/c6-4(8-9)5(7)2-1-3-5/h9H,1-3,7H2,(H2,6,8). The molecule has 0 atom stereocenters. The lowest BCUT2D eigenvalue weighted by atomic mass is 9.77. The summed E-state index contributed by atoms with van der Waals surface area (Å²) < 4.78 is 0. The van der Waals surface area contributed by atoms with Gasteiger partial charge in [-0.3, -0.25) is 0 Å². The van der Waals surface area contributed by atoms with Crippen LogP contribution in [0.15, 0.2) is 5.16 Å². The Morgan fingerprint density at radius 1 is 1.56 bits per heavy atom. The van der Waals surface area contributed by atoms with Crippen molar-refractivity contribution in [2.75, 3.05) is 0 Å². The van der Waals surface area contributed by atoms with Crippen LogP contribution in [0.25, 0.3) is 0 Å². The van der Waals surface area contributed by atoms with Gasteiger partial charge in [0.1, 0.15) is 0 Å². The number of nitrogens with zero attached hydrogens (tertiary/aromatic N) is 1. The van der Waals surface area contributed by atoms with E-state index in [-0.39, 0.29) is 5.84 Å². The Hall–Kier alpha value is -0.770. The SMILES string of the molecule is N/C(=N\O)C1(N)CCC1. The highest BCUT2D eigenvalue weighted by Gasteiger charge is 2.36. The van der Waals surface area contributed by atoms with Crippen molar-refractivity contribution < 1.29 is 5.21 Å². The average molecular weight is 129 g/mol. The van der Waals surface area contributed by atoms with E-state index in [1.165, 1.54) is 0 Å². The van der Waals surface area contributed by atoms with Crippen molar-refractivity contribution >= 4 is 5.84 Å². The molecule has 5 N–H and O–H groups in total. The van der Waals surface area contributed by atoms with Crippen LogP contribution in [-0.2, 0) is 0 Å². The van der Waals surface area contributed by atoms with Crippen LogP contribution in [0.2, 0.25) is 0 Å². The molecular weight excluding hydrogens is 118 g/mol. The molecule has 0 bridgehead atoms. The number of amidine groups is 1. The molecule has 0 aliphatic heterocycles. The molecule has 0 heterocycles. The predicted octanol–water partition coefficient (Wildman–Crippen LogP) is -0.386. The van der Waals surface area contributed by atoms with Gasteiger partial charge in [0.2, 0.25) is 0 Å². The summed E-state index contributed by atoms with van der Waals surface area (Å²) in [4.78, 5) is 0. The lowest BCUT2D eigenvalue weighted by molar-refractivity contribution is 0.288. The van der Waals surface area contributed by atoms with Crippen LogP contribution in [0.3, 0.4) is 0 Å². The minimum Gasteiger partial charge on any atom is -0.409 e. The first-order valence-corrected chi connectivity index (χ1v) is 2.96. The van der Waals surface area contributed by atoms with Crippen molar-refractivity contribution in [2.24, 2.45) is 16.6 Å². The van der Waals surface area contributed by atoms with Gasteiger partial charge >= 0.3 is 0 Å². The van der Waals surface area contributed by atoms with E-state index in [1.807, 2.05) is 0 Å². The number of oxime groups is 1. The zero-order valence-electron chi connectivity index (χ0n) is 5.17. The van der Waals surface area contributed by atoms with Gasteiger partial charge < -0.3 is 16.7 Å². The van der Waals surface area contributed by atoms with Crippen molar-refractivity contribution in [1.82, 2.24) is 0 Å². The summed E-state index contributed by atoms with van der Waals surface area (Å²) in [6.07, 6.45) is 2.75. The second-order valence-electron chi connectivity index (χ2n) is 2.49. The maximum Gasteiger partial charge on any atom is 0.159 e. The Morgan fingerprint density at radius 2 is 2.11 bits per heavy atom. The second kappa shape index (κ2) is 1.88. The van der Waals surface area contributed by atoms with E-state index in [0.29, 0.717) is 0 Å². The molecule has 1 saturated carbocycles. The van der Waals surface area contributed by atoms with Gasteiger partial charge in [-0.1, -0.05) is 5.16 Å². The third kappa shape index (κ3) is 0.853. The topological polar surface area (TPSA) is 84.6 Å². The lowest BCUT2D eigenvalue weighted by Gasteiger charge is -2.36. The minimum atomic E-state index is -0.491. The normalized spacial score (nSPS) is 25.2. The van der Waals surface area contributed by atoms with Crippen LogP contribution in [0, 0.1) is 0 Å². The predicted molar refractivity (Wildman–Crippen MR) is 34.2 cm³/mol. The summed E-state index contributed by atoms with van der Waals surface area (Å²) in [7, 11) is 0. The third-order valence-electron chi connectivity index (χ3n) is 1.86. The van der Waals surface area contributed by atoms with Crippen molar-refractivity contribution in [3.63, 3.8) is 0 Å². The van der Waals surface area contributed by atoms with Gasteiger partial charge in [-0.25, -0.2) is 0 Å². The number of rotatable bonds is 1. The minimum absolute atomic E-state index is 0.161. The Morgan fingerprint density at radius 3 is 2.22 bits per heavy atom. The molecule has 1 aliphatic rings. The highest BCUT2D eigenvalue weighted by molar-refractivity contribution is 5.90. The van der Waals surface area contributed by atoms with Crippen molar-refractivity contribution in [3.8, 4) is 0 Å². The Kier molecular flexibility index (Phi) is 1.32. The van der Waals surface area contributed by atoms with E-state index in [9.17, 15) is 0 Å². The molecule has 0 aromatic heterocycles. The Balaban J connectivity index is 2.59. The highest BCUT2D eigenvalue weighted by atomic mass is 16.4. The zero-order chi connectivity index (χ0) is 6.91. The van der Waals surface area contributed by atoms with Gasteiger partial charge in [0.25, 0.3) is 0 Å². The summed E-state index contributed by atoms with van der Waals surface area (Å²) in [5.41, 5.74) is 10.4. The molecule has 52 valence electrons. The molecule has 4 heteroatoms. The molecule has 0 radical (unpaired) electrons. The average Bonchev–Trinajstić information content (AvgIpc) is 1.81. The third-order valence-corrected chi connectivity index (χ3v) is 1.86. The van der Waals surface area contributed by atoms with E-state index in [1.54, 1.807) is 0 Å². The quantitative estimate of drug-likeness (QED) is 0.195. The van der Waals surface area contributed by atoms with Crippen LogP contribution in [0.4, 0.5) is 0 Å². The first kappa shape index (κ1) is 6.35. The van der Waals surface area contributed by atoms with E-state index < -0.39 is 5.54 Å². The molecule has 1 rings (SSSR count). The molecule has 0 amide bonds. The molecule has 9 heavy (non-hydrogen) atoms. The number of nitrogens with two attached hydrogens (primary N) is 2. The summed E-state index contributed by atoms with van der Waals surface area (Å²) in [6.45, 7) is 0. The summed E-state index contributed by atoms with van der Waals surface area (Å²) in [6, 6.07) is 0. The van der Waals surface area contributed by atoms with Crippen molar-refractivity contribution in [2.45, 2.75) is 24.8 Å². The van der Waals surface area contributed by atoms with Gasteiger partial charge in [0, 0.05) is 0 Å². The molecule has 1 fully saturated rings. The molecule has 0 saturated heterocycles. The van der Waals surface area contributed by atoms with Crippen LogP contribution in [-0.4, -0.2) is 16.6 Å². The highest BCUT2D eigenvalue weighted by Crippen LogP contribution is 2.28. The fourth-order valence-corrected chi connectivity index (χ4v) is 0.913. The molecule has 0 aromatic carbocycles.